The molecule has 1 N–H and O–H groups in total. The van der Waals surface area contributed by atoms with E-state index in [1.165, 1.54) is 0 Å². The minimum absolute atomic E-state index is 0.0236. The fourth-order valence-electron chi connectivity index (χ4n) is 2.63. The second-order valence-corrected chi connectivity index (χ2v) is 5.14. The number of hydrogen-bond donors (Lipinski definition) is 1. The molecule has 1 aromatic rings. The molecule has 6 nitrogen and oxygen atoms in total. The van der Waals surface area contributed by atoms with Crippen LogP contribution < -0.4 is 5.32 Å². The number of amides is 2. The number of rotatable bonds is 5. The zero-order valence-corrected chi connectivity index (χ0v) is 12.3. The average molecular weight is 278 g/mol. The molecule has 110 valence electrons. The highest BCUT2D eigenvalue weighted by Gasteiger charge is 2.34. The molecule has 2 heterocycles. The van der Waals surface area contributed by atoms with E-state index in [1.807, 2.05) is 31.5 Å². The Morgan fingerprint density at radius 1 is 1.40 bits per heavy atom. The van der Waals surface area contributed by atoms with E-state index in [0.29, 0.717) is 13.0 Å². The summed E-state index contributed by atoms with van der Waals surface area (Å²) >= 11 is 0. The summed E-state index contributed by atoms with van der Waals surface area (Å²) in [6, 6.07) is 1.62. The Kier molecular flexibility index (Phi) is 4.42. The normalized spacial score (nSPS) is 19.4. The summed E-state index contributed by atoms with van der Waals surface area (Å²) in [6.45, 7) is 7.28. The number of carbonyl (C=O) groups excluding carboxylic acids is 2. The molecule has 6 heteroatoms. The van der Waals surface area contributed by atoms with Gasteiger partial charge in [-0.2, -0.15) is 5.10 Å². The van der Waals surface area contributed by atoms with Gasteiger partial charge in [-0.25, -0.2) is 0 Å². The van der Waals surface area contributed by atoms with Crippen molar-refractivity contribution < 1.29 is 9.59 Å². The highest BCUT2D eigenvalue weighted by Crippen LogP contribution is 2.16. The summed E-state index contributed by atoms with van der Waals surface area (Å²) in [7, 11) is 0. The third kappa shape index (κ3) is 2.84. The van der Waals surface area contributed by atoms with Gasteiger partial charge in [0.2, 0.25) is 11.8 Å². The second kappa shape index (κ2) is 6.07. The van der Waals surface area contributed by atoms with Gasteiger partial charge in [-0.15, -0.1) is 0 Å². The van der Waals surface area contributed by atoms with E-state index in [-0.39, 0.29) is 24.4 Å². The topological polar surface area (TPSA) is 67.2 Å². The molecule has 1 aromatic heterocycles. The number of nitrogens with one attached hydrogen (secondary N) is 1. The first kappa shape index (κ1) is 14.6. The minimum atomic E-state index is -0.359. The first-order valence-corrected chi connectivity index (χ1v) is 7.17. The zero-order valence-electron chi connectivity index (χ0n) is 12.3. The Balaban J connectivity index is 2.22. The van der Waals surface area contributed by atoms with Crippen molar-refractivity contribution >= 4 is 11.8 Å². The van der Waals surface area contributed by atoms with Gasteiger partial charge >= 0.3 is 0 Å². The second-order valence-electron chi connectivity index (χ2n) is 5.14. The molecule has 0 bridgehead atoms. The molecule has 0 aromatic carbocycles. The summed E-state index contributed by atoms with van der Waals surface area (Å²) in [5, 5.41) is 7.05. The van der Waals surface area contributed by atoms with Crippen LogP contribution in [0.5, 0.6) is 0 Å². The van der Waals surface area contributed by atoms with E-state index in [0.717, 1.165) is 24.4 Å². The van der Waals surface area contributed by atoms with Crippen molar-refractivity contribution in [2.75, 3.05) is 6.54 Å². The molecule has 1 aliphatic rings. The quantitative estimate of drug-likeness (QED) is 0.868. The Hall–Kier alpha value is -1.85. The Morgan fingerprint density at radius 3 is 2.80 bits per heavy atom. The summed E-state index contributed by atoms with van der Waals surface area (Å²) < 4.78 is 1.89. The first-order valence-electron chi connectivity index (χ1n) is 7.17. The molecule has 0 spiro atoms. The number of carbonyl (C=O) groups is 2. The van der Waals surface area contributed by atoms with E-state index in [1.54, 1.807) is 4.90 Å². The Labute approximate surface area is 119 Å². The standard InChI is InChI=1S/C14H22N4O2/c1-4-6-12-14(20)15-8-13(19)17(12)9-11-7-10(3)16-18(11)5-2/h7,12H,4-6,8-9H2,1-3H3,(H,15,20). The lowest BCUT2D eigenvalue weighted by atomic mass is 10.1. The van der Waals surface area contributed by atoms with Crippen molar-refractivity contribution in [1.29, 1.82) is 0 Å². The third-order valence-electron chi connectivity index (χ3n) is 3.59. The lowest BCUT2D eigenvalue weighted by Crippen LogP contribution is -2.57. The maximum absolute atomic E-state index is 12.1. The lowest BCUT2D eigenvalue weighted by Gasteiger charge is -2.34. The van der Waals surface area contributed by atoms with E-state index < -0.39 is 0 Å². The number of piperazine rings is 1. The molecule has 2 rings (SSSR count). The van der Waals surface area contributed by atoms with Crippen LogP contribution in [0, 0.1) is 6.92 Å². The van der Waals surface area contributed by atoms with E-state index >= 15 is 0 Å². The molecule has 1 atom stereocenters. The number of aromatic nitrogens is 2. The van der Waals surface area contributed by atoms with Crippen LogP contribution >= 0.6 is 0 Å². The van der Waals surface area contributed by atoms with Crippen molar-refractivity contribution in [1.82, 2.24) is 20.0 Å². The summed E-state index contributed by atoms with van der Waals surface area (Å²) in [5.74, 6) is -0.0738. The predicted octanol–water partition coefficient (Wildman–Crippen LogP) is 0.839. The van der Waals surface area contributed by atoms with Gasteiger partial charge in [0.15, 0.2) is 0 Å². The van der Waals surface area contributed by atoms with Crippen LogP contribution in [-0.2, 0) is 22.7 Å². The van der Waals surface area contributed by atoms with Crippen LogP contribution in [0.25, 0.3) is 0 Å². The molecule has 0 saturated carbocycles. The van der Waals surface area contributed by atoms with Crippen LogP contribution in [0.3, 0.4) is 0 Å². The van der Waals surface area contributed by atoms with Gasteiger partial charge in [0.05, 0.1) is 24.5 Å². The largest absolute Gasteiger partial charge is 0.345 e. The summed E-state index contributed by atoms with van der Waals surface area (Å²) in [6.07, 6.45) is 1.56. The number of hydrogen-bond acceptors (Lipinski definition) is 3. The predicted molar refractivity (Wildman–Crippen MR) is 74.9 cm³/mol. The van der Waals surface area contributed by atoms with Crippen molar-refractivity contribution in [2.24, 2.45) is 0 Å². The van der Waals surface area contributed by atoms with Crippen LogP contribution in [0.1, 0.15) is 38.1 Å². The summed E-state index contributed by atoms with van der Waals surface area (Å²) in [5.41, 5.74) is 1.91. The molecular weight excluding hydrogens is 256 g/mol. The fourth-order valence-corrected chi connectivity index (χ4v) is 2.63. The fraction of sp³-hybridized carbons (Fsp3) is 0.643. The highest BCUT2D eigenvalue weighted by atomic mass is 16.2. The van der Waals surface area contributed by atoms with Gasteiger partial charge in [0, 0.05) is 6.54 Å². The van der Waals surface area contributed by atoms with Gasteiger partial charge in [-0.05, 0) is 26.3 Å². The number of aryl methyl sites for hydroxylation is 2. The van der Waals surface area contributed by atoms with Crippen LogP contribution in [0.15, 0.2) is 6.07 Å². The molecular formula is C14H22N4O2. The van der Waals surface area contributed by atoms with E-state index in [2.05, 4.69) is 10.4 Å². The maximum atomic E-state index is 12.1. The van der Waals surface area contributed by atoms with Gasteiger partial charge in [-0.1, -0.05) is 13.3 Å². The van der Waals surface area contributed by atoms with Crippen LogP contribution in [-0.4, -0.2) is 39.1 Å². The molecule has 0 radical (unpaired) electrons. The smallest absolute Gasteiger partial charge is 0.243 e. The average Bonchev–Trinajstić information content (AvgIpc) is 2.78. The molecule has 1 unspecified atom stereocenters. The first-order chi connectivity index (χ1) is 9.56. The van der Waals surface area contributed by atoms with Gasteiger partial charge in [0.1, 0.15) is 6.04 Å². The van der Waals surface area contributed by atoms with Crippen LogP contribution in [0.4, 0.5) is 0 Å². The third-order valence-corrected chi connectivity index (χ3v) is 3.59. The molecule has 1 fully saturated rings. The molecule has 2 amide bonds. The summed E-state index contributed by atoms with van der Waals surface area (Å²) in [4.78, 5) is 25.8. The maximum Gasteiger partial charge on any atom is 0.243 e. The molecule has 0 aliphatic carbocycles. The van der Waals surface area contributed by atoms with Crippen molar-refractivity contribution in [3.63, 3.8) is 0 Å². The highest BCUT2D eigenvalue weighted by molar-refractivity contribution is 5.94. The zero-order chi connectivity index (χ0) is 14.7. The van der Waals surface area contributed by atoms with Gasteiger partial charge in [0.25, 0.3) is 0 Å². The van der Waals surface area contributed by atoms with E-state index in [4.69, 9.17) is 0 Å². The number of nitrogens with zero attached hydrogens (tertiary/aromatic N) is 3. The van der Waals surface area contributed by atoms with Crippen molar-refractivity contribution in [3.05, 3.63) is 17.5 Å². The van der Waals surface area contributed by atoms with Gasteiger partial charge in [-0.3, -0.25) is 14.3 Å². The molecule has 1 aliphatic heterocycles. The van der Waals surface area contributed by atoms with Gasteiger partial charge < -0.3 is 10.2 Å². The molecule has 20 heavy (non-hydrogen) atoms. The Bertz CT molecular complexity index is 509. The Morgan fingerprint density at radius 2 is 2.15 bits per heavy atom. The minimum Gasteiger partial charge on any atom is -0.345 e. The van der Waals surface area contributed by atoms with E-state index in [9.17, 15) is 9.59 Å². The van der Waals surface area contributed by atoms with Crippen molar-refractivity contribution in [3.8, 4) is 0 Å². The monoisotopic (exact) mass is 278 g/mol. The van der Waals surface area contributed by atoms with Crippen molar-refractivity contribution in [2.45, 2.75) is 52.7 Å². The van der Waals surface area contributed by atoms with Crippen LogP contribution in [0.2, 0.25) is 0 Å². The SMILES string of the molecule is CCCC1C(=O)NCC(=O)N1Cc1cc(C)nn1CC. The molecule has 1 saturated heterocycles. The lowest BCUT2D eigenvalue weighted by molar-refractivity contribution is -0.146.